The SMILES string of the molecule is NC(=O)c1cccc(C(=O)Nc2ccccc2Cl)c1. The van der Waals surface area contributed by atoms with E-state index in [9.17, 15) is 9.59 Å². The van der Waals surface area contributed by atoms with Crippen LogP contribution in [0.15, 0.2) is 48.5 Å². The first kappa shape index (κ1) is 13.1. The van der Waals surface area contributed by atoms with Gasteiger partial charge in [-0.3, -0.25) is 9.59 Å². The van der Waals surface area contributed by atoms with Gasteiger partial charge in [0.1, 0.15) is 0 Å². The van der Waals surface area contributed by atoms with Crippen molar-refractivity contribution in [3.8, 4) is 0 Å². The fourth-order valence-corrected chi connectivity index (χ4v) is 1.75. The van der Waals surface area contributed by atoms with Gasteiger partial charge in [0.2, 0.25) is 5.91 Å². The summed E-state index contributed by atoms with van der Waals surface area (Å²) in [7, 11) is 0. The summed E-state index contributed by atoms with van der Waals surface area (Å²) in [6.07, 6.45) is 0. The molecule has 0 saturated carbocycles. The monoisotopic (exact) mass is 274 g/mol. The van der Waals surface area contributed by atoms with Crippen molar-refractivity contribution >= 4 is 29.1 Å². The summed E-state index contributed by atoms with van der Waals surface area (Å²) in [5.74, 6) is -0.927. The van der Waals surface area contributed by atoms with E-state index in [0.717, 1.165) is 0 Å². The number of rotatable bonds is 3. The van der Waals surface area contributed by atoms with Gasteiger partial charge in [-0.05, 0) is 30.3 Å². The molecule has 2 amide bonds. The molecule has 5 heteroatoms. The van der Waals surface area contributed by atoms with Gasteiger partial charge < -0.3 is 11.1 Å². The van der Waals surface area contributed by atoms with Crippen molar-refractivity contribution in [2.45, 2.75) is 0 Å². The zero-order valence-corrected chi connectivity index (χ0v) is 10.6. The van der Waals surface area contributed by atoms with Crippen molar-refractivity contribution in [1.29, 1.82) is 0 Å². The lowest BCUT2D eigenvalue weighted by molar-refractivity contribution is 0.1000. The van der Waals surface area contributed by atoms with Crippen molar-refractivity contribution in [3.05, 3.63) is 64.7 Å². The molecule has 4 nitrogen and oxygen atoms in total. The summed E-state index contributed by atoms with van der Waals surface area (Å²) in [4.78, 5) is 23.1. The molecule has 0 heterocycles. The second-order valence-electron chi connectivity index (χ2n) is 3.88. The van der Waals surface area contributed by atoms with Gasteiger partial charge in [0.15, 0.2) is 0 Å². The minimum atomic E-state index is -0.576. The number of hydrogen-bond donors (Lipinski definition) is 2. The number of halogens is 1. The van der Waals surface area contributed by atoms with Gasteiger partial charge in [-0.2, -0.15) is 0 Å². The van der Waals surface area contributed by atoms with Crippen LogP contribution in [0.25, 0.3) is 0 Å². The Morgan fingerprint density at radius 1 is 1.00 bits per heavy atom. The van der Waals surface area contributed by atoms with E-state index in [1.165, 1.54) is 6.07 Å². The molecule has 0 aliphatic heterocycles. The summed E-state index contributed by atoms with van der Waals surface area (Å²) in [6, 6.07) is 13.1. The number of anilines is 1. The summed E-state index contributed by atoms with van der Waals surface area (Å²) < 4.78 is 0. The topological polar surface area (TPSA) is 72.2 Å². The minimum absolute atomic E-state index is 0.284. The first-order chi connectivity index (χ1) is 9.08. The van der Waals surface area contributed by atoms with E-state index in [1.807, 2.05) is 0 Å². The molecule has 0 aromatic heterocycles. The molecule has 0 fully saturated rings. The maximum Gasteiger partial charge on any atom is 0.255 e. The van der Waals surface area contributed by atoms with Crippen LogP contribution in [0.5, 0.6) is 0 Å². The van der Waals surface area contributed by atoms with Crippen LogP contribution in [0.1, 0.15) is 20.7 Å². The molecule has 2 aromatic rings. The van der Waals surface area contributed by atoms with Crippen LogP contribution in [-0.2, 0) is 0 Å². The third-order valence-corrected chi connectivity index (χ3v) is 2.86. The quantitative estimate of drug-likeness (QED) is 0.903. The largest absolute Gasteiger partial charge is 0.366 e. The number of nitrogens with two attached hydrogens (primary N) is 1. The molecule has 96 valence electrons. The van der Waals surface area contributed by atoms with E-state index >= 15 is 0 Å². The molecule has 0 unspecified atom stereocenters. The van der Waals surface area contributed by atoms with Crippen LogP contribution in [0.3, 0.4) is 0 Å². The highest BCUT2D eigenvalue weighted by atomic mass is 35.5. The zero-order chi connectivity index (χ0) is 13.8. The van der Waals surface area contributed by atoms with Crippen LogP contribution in [-0.4, -0.2) is 11.8 Å². The van der Waals surface area contributed by atoms with E-state index in [2.05, 4.69) is 5.32 Å². The summed E-state index contributed by atoms with van der Waals surface area (Å²) >= 11 is 5.95. The van der Waals surface area contributed by atoms with Gasteiger partial charge in [-0.15, -0.1) is 0 Å². The second-order valence-corrected chi connectivity index (χ2v) is 4.29. The van der Waals surface area contributed by atoms with Gasteiger partial charge in [0, 0.05) is 11.1 Å². The Hall–Kier alpha value is -2.33. The molecule has 0 aliphatic carbocycles. The number of benzene rings is 2. The number of para-hydroxylation sites is 1. The fourth-order valence-electron chi connectivity index (χ4n) is 1.57. The second kappa shape index (κ2) is 5.54. The van der Waals surface area contributed by atoms with Crippen LogP contribution >= 0.6 is 11.6 Å². The molecule has 0 bridgehead atoms. The highest BCUT2D eigenvalue weighted by molar-refractivity contribution is 6.33. The first-order valence-corrected chi connectivity index (χ1v) is 5.91. The fraction of sp³-hybridized carbons (Fsp3) is 0. The van der Waals surface area contributed by atoms with Crippen molar-refractivity contribution in [2.75, 3.05) is 5.32 Å². The van der Waals surface area contributed by atoms with Crippen LogP contribution in [0.2, 0.25) is 5.02 Å². The molecule has 2 aromatic carbocycles. The lowest BCUT2D eigenvalue weighted by atomic mass is 10.1. The van der Waals surface area contributed by atoms with Crippen molar-refractivity contribution in [3.63, 3.8) is 0 Å². The predicted octanol–water partition coefficient (Wildman–Crippen LogP) is 2.69. The van der Waals surface area contributed by atoms with Crippen molar-refractivity contribution in [2.24, 2.45) is 5.73 Å². The predicted molar refractivity (Wildman–Crippen MR) is 74.4 cm³/mol. The molecule has 0 radical (unpaired) electrons. The maximum absolute atomic E-state index is 12.0. The highest BCUT2D eigenvalue weighted by Gasteiger charge is 2.10. The third kappa shape index (κ3) is 3.11. The molecule has 2 rings (SSSR count). The van der Waals surface area contributed by atoms with Gasteiger partial charge in [0.25, 0.3) is 5.91 Å². The average Bonchev–Trinajstić information content (AvgIpc) is 2.41. The maximum atomic E-state index is 12.0. The molecule has 0 aliphatic rings. The minimum Gasteiger partial charge on any atom is -0.366 e. The molecule has 0 saturated heterocycles. The van der Waals surface area contributed by atoms with Gasteiger partial charge in [-0.25, -0.2) is 0 Å². The Kier molecular flexibility index (Phi) is 3.82. The van der Waals surface area contributed by atoms with Crippen LogP contribution in [0, 0.1) is 0 Å². The van der Waals surface area contributed by atoms with E-state index in [1.54, 1.807) is 42.5 Å². The van der Waals surface area contributed by atoms with Crippen molar-refractivity contribution < 1.29 is 9.59 Å². The molecule has 0 spiro atoms. The number of nitrogens with one attached hydrogen (secondary N) is 1. The van der Waals surface area contributed by atoms with Gasteiger partial charge in [0.05, 0.1) is 10.7 Å². The lowest BCUT2D eigenvalue weighted by Crippen LogP contribution is -2.15. The molecular formula is C14H11ClN2O2. The average molecular weight is 275 g/mol. The number of carbonyl (C=O) groups excluding carboxylic acids is 2. The molecule has 3 N–H and O–H groups in total. The number of carbonyl (C=O) groups is 2. The smallest absolute Gasteiger partial charge is 0.255 e. The van der Waals surface area contributed by atoms with Gasteiger partial charge in [-0.1, -0.05) is 29.8 Å². The Balaban J connectivity index is 2.23. The normalized spacial score (nSPS) is 9.95. The van der Waals surface area contributed by atoms with E-state index < -0.39 is 5.91 Å². The van der Waals surface area contributed by atoms with E-state index in [0.29, 0.717) is 16.3 Å². The number of primary amides is 1. The van der Waals surface area contributed by atoms with Crippen LogP contribution < -0.4 is 11.1 Å². The lowest BCUT2D eigenvalue weighted by Gasteiger charge is -2.07. The van der Waals surface area contributed by atoms with Gasteiger partial charge >= 0.3 is 0 Å². The Morgan fingerprint density at radius 2 is 1.68 bits per heavy atom. The Bertz CT molecular complexity index is 641. The highest BCUT2D eigenvalue weighted by Crippen LogP contribution is 2.21. The third-order valence-electron chi connectivity index (χ3n) is 2.53. The molecule has 19 heavy (non-hydrogen) atoms. The summed E-state index contributed by atoms with van der Waals surface area (Å²) in [5, 5.41) is 3.12. The zero-order valence-electron chi connectivity index (χ0n) is 9.89. The van der Waals surface area contributed by atoms with E-state index in [4.69, 9.17) is 17.3 Å². The standard InChI is InChI=1S/C14H11ClN2O2/c15-11-6-1-2-7-12(11)17-14(19)10-5-3-4-9(8-10)13(16)18/h1-8H,(H2,16,18)(H,17,19). The van der Waals surface area contributed by atoms with E-state index in [-0.39, 0.29) is 11.5 Å². The number of hydrogen-bond acceptors (Lipinski definition) is 2. The Morgan fingerprint density at radius 3 is 2.37 bits per heavy atom. The number of amides is 2. The molecular weight excluding hydrogens is 264 g/mol. The van der Waals surface area contributed by atoms with Crippen LogP contribution in [0.4, 0.5) is 5.69 Å². The molecule has 0 atom stereocenters. The summed E-state index contributed by atoms with van der Waals surface area (Å²) in [5.41, 5.74) is 6.31. The summed E-state index contributed by atoms with van der Waals surface area (Å²) in [6.45, 7) is 0. The van der Waals surface area contributed by atoms with Crippen molar-refractivity contribution in [1.82, 2.24) is 0 Å². The Labute approximate surface area is 115 Å². The first-order valence-electron chi connectivity index (χ1n) is 5.53.